The topological polar surface area (TPSA) is 120 Å². The van der Waals surface area contributed by atoms with Crippen molar-refractivity contribution in [2.45, 2.75) is 119 Å². The van der Waals surface area contributed by atoms with Crippen molar-refractivity contribution in [2.75, 3.05) is 5.32 Å². The van der Waals surface area contributed by atoms with Crippen molar-refractivity contribution >= 4 is 29.0 Å². The van der Waals surface area contributed by atoms with Gasteiger partial charge in [-0.1, -0.05) is 54.0 Å². The maximum absolute atomic E-state index is 14.7. The second-order valence-electron chi connectivity index (χ2n) is 17.5. The molecule has 0 saturated heterocycles. The van der Waals surface area contributed by atoms with Gasteiger partial charge in [0, 0.05) is 41.5 Å². The summed E-state index contributed by atoms with van der Waals surface area (Å²) in [7, 11) is 0. The standard InChI is InChI=1S/C38H54N2O6/c1-23(41)46-30-14-15-36(6)29(33(30,2)3)13-16-38(8)31(36)28(42)21-26-27-22-35(5,18-17-34(27,4)19-20-37(26,38)7)32(43)39-24-9-11-25(12-10-24)40(44)45/h9-12,21,27,29-31,40,44H,13-20,22H2,1-8H3,(H,39,43)/t27-,29+,30+,31+,34+,35+,36+,37+,38+/m0/s1. The van der Waals surface area contributed by atoms with Gasteiger partial charge in [0.2, 0.25) is 5.91 Å². The number of rotatable bonds is 4. The first-order chi connectivity index (χ1) is 21.3. The van der Waals surface area contributed by atoms with Crippen molar-refractivity contribution in [3.8, 4) is 0 Å². The van der Waals surface area contributed by atoms with Gasteiger partial charge >= 0.3 is 5.97 Å². The Morgan fingerprint density at radius 3 is 2.22 bits per heavy atom. The van der Waals surface area contributed by atoms with Gasteiger partial charge < -0.3 is 15.3 Å². The van der Waals surface area contributed by atoms with Crippen LogP contribution in [-0.4, -0.2) is 29.0 Å². The number of nitrogens with one attached hydrogen (secondary N) is 2. The Bertz CT molecular complexity index is 1470. The number of ether oxygens (including phenoxy) is 1. The Balaban J connectivity index is 1.32. The van der Waals surface area contributed by atoms with Gasteiger partial charge in [0.05, 0.1) is 0 Å². The molecule has 1 aromatic carbocycles. The summed E-state index contributed by atoms with van der Waals surface area (Å²) in [6, 6.07) is 6.33. The molecule has 10 atom stereocenters. The SMILES string of the molecule is CC(=O)O[C@@H]1CC[C@]2(C)[C@H](CC[C@]3(C)[C@@H]2C(=O)C=C2[C@@H]4C[C@](C)(C(=O)Nc5ccc([NH+]([O-])O)cc5)CC[C@]4(C)CC[C@]23C)C1(C)C. The third-order valence-electron chi connectivity index (χ3n) is 14.8. The van der Waals surface area contributed by atoms with E-state index in [1.54, 1.807) is 12.1 Å². The summed E-state index contributed by atoms with van der Waals surface area (Å²) in [6.07, 6.45) is 10.0. The van der Waals surface area contributed by atoms with Crippen LogP contribution < -0.4 is 10.5 Å². The Hall–Kier alpha value is -2.55. The lowest BCUT2D eigenvalue weighted by Crippen LogP contribution is -2.99. The summed E-state index contributed by atoms with van der Waals surface area (Å²) in [5.74, 6) is 0.291. The van der Waals surface area contributed by atoms with E-state index < -0.39 is 10.6 Å². The summed E-state index contributed by atoms with van der Waals surface area (Å²) < 4.78 is 5.86. The number of benzene rings is 1. The molecule has 6 rings (SSSR count). The Labute approximate surface area is 274 Å². The van der Waals surface area contributed by atoms with Crippen LogP contribution in [-0.2, 0) is 19.1 Å². The zero-order valence-electron chi connectivity index (χ0n) is 29.0. The molecule has 0 heterocycles. The molecule has 0 spiro atoms. The highest BCUT2D eigenvalue weighted by atomic mass is 16.8. The molecule has 4 fully saturated rings. The number of quaternary nitrogens is 1. The molecule has 5 aliphatic rings. The summed E-state index contributed by atoms with van der Waals surface area (Å²) >= 11 is 0. The average Bonchev–Trinajstić information content (AvgIpc) is 2.96. The minimum atomic E-state index is -0.996. The molecular formula is C38H54N2O6. The van der Waals surface area contributed by atoms with Crippen LogP contribution in [0.3, 0.4) is 0 Å². The van der Waals surface area contributed by atoms with Crippen LogP contribution in [0.1, 0.15) is 113 Å². The van der Waals surface area contributed by atoms with Crippen LogP contribution in [0.5, 0.6) is 0 Å². The predicted molar refractivity (Wildman–Crippen MR) is 176 cm³/mol. The van der Waals surface area contributed by atoms with Gasteiger partial charge in [0.15, 0.2) is 11.5 Å². The molecule has 3 N–H and O–H groups in total. The van der Waals surface area contributed by atoms with Gasteiger partial charge in [0.25, 0.3) is 0 Å². The van der Waals surface area contributed by atoms with E-state index in [1.165, 1.54) is 24.6 Å². The van der Waals surface area contributed by atoms with Gasteiger partial charge in [-0.05, 0) is 109 Å². The van der Waals surface area contributed by atoms with Gasteiger partial charge in [-0.2, -0.15) is 5.23 Å². The normalized spacial score (nSPS) is 43.5. The molecule has 8 nitrogen and oxygen atoms in total. The zero-order chi connectivity index (χ0) is 33.7. The van der Waals surface area contributed by atoms with Crippen LogP contribution in [0, 0.1) is 55.5 Å². The number of amides is 1. The van der Waals surface area contributed by atoms with E-state index >= 15 is 0 Å². The molecule has 5 aliphatic carbocycles. The first-order valence-electron chi connectivity index (χ1n) is 17.4. The second-order valence-corrected chi connectivity index (χ2v) is 17.5. The summed E-state index contributed by atoms with van der Waals surface area (Å²) in [6.45, 7) is 17.6. The molecule has 46 heavy (non-hydrogen) atoms. The molecule has 1 unspecified atom stereocenters. The molecule has 1 aromatic rings. The van der Waals surface area contributed by atoms with Crippen LogP contribution in [0.25, 0.3) is 0 Å². The molecule has 0 radical (unpaired) electrons. The van der Waals surface area contributed by atoms with Crippen LogP contribution in [0.2, 0.25) is 0 Å². The largest absolute Gasteiger partial charge is 0.595 e. The van der Waals surface area contributed by atoms with Crippen LogP contribution >= 0.6 is 0 Å². The maximum atomic E-state index is 14.7. The van der Waals surface area contributed by atoms with Gasteiger partial charge in [-0.25, -0.2) is 5.21 Å². The highest BCUT2D eigenvalue weighted by Crippen LogP contribution is 2.75. The van der Waals surface area contributed by atoms with Gasteiger partial charge in [-0.15, -0.1) is 0 Å². The number of hydrogen-bond donors (Lipinski definition) is 3. The maximum Gasteiger partial charge on any atom is 0.302 e. The highest BCUT2D eigenvalue weighted by molar-refractivity contribution is 5.97. The second kappa shape index (κ2) is 10.7. The number of allylic oxidation sites excluding steroid dienone is 2. The van der Waals surface area contributed by atoms with Crippen molar-refractivity contribution in [2.24, 2.45) is 50.2 Å². The van der Waals surface area contributed by atoms with E-state index in [9.17, 15) is 24.8 Å². The molecule has 4 saturated carbocycles. The molecular weight excluding hydrogens is 580 g/mol. The Morgan fingerprint density at radius 1 is 0.935 bits per heavy atom. The summed E-state index contributed by atoms with van der Waals surface area (Å²) in [4.78, 5) is 40.6. The fourth-order valence-electron chi connectivity index (χ4n) is 11.8. The van der Waals surface area contributed by atoms with Crippen molar-refractivity contribution in [3.05, 3.63) is 41.1 Å². The minimum absolute atomic E-state index is 0.0307. The number of fused-ring (bicyclic) bond motifs is 7. The number of anilines is 1. The molecule has 0 aromatic heterocycles. The zero-order valence-corrected chi connectivity index (χ0v) is 29.0. The first kappa shape index (κ1) is 33.4. The van der Waals surface area contributed by atoms with E-state index in [2.05, 4.69) is 53.8 Å². The quantitative estimate of drug-likeness (QED) is 0.244. The predicted octanol–water partition coefficient (Wildman–Crippen LogP) is 6.94. The fourth-order valence-corrected chi connectivity index (χ4v) is 11.8. The van der Waals surface area contributed by atoms with Crippen molar-refractivity contribution in [1.29, 1.82) is 0 Å². The fraction of sp³-hybridized carbons (Fsp3) is 0.711. The van der Waals surface area contributed by atoms with E-state index in [0.717, 1.165) is 51.4 Å². The Morgan fingerprint density at radius 2 is 1.59 bits per heavy atom. The lowest BCUT2D eigenvalue weighted by Gasteiger charge is -2.70. The summed E-state index contributed by atoms with van der Waals surface area (Å²) in [5.41, 5.74) is 0.705. The monoisotopic (exact) mass is 634 g/mol. The summed E-state index contributed by atoms with van der Waals surface area (Å²) in [5, 5.41) is 22.6. The number of hydrogen-bond acceptors (Lipinski definition) is 6. The minimum Gasteiger partial charge on any atom is -0.595 e. The molecule has 8 heteroatoms. The van der Waals surface area contributed by atoms with Crippen molar-refractivity contribution in [3.63, 3.8) is 0 Å². The average molecular weight is 635 g/mol. The van der Waals surface area contributed by atoms with Gasteiger partial charge in [0.1, 0.15) is 6.10 Å². The highest BCUT2D eigenvalue weighted by Gasteiger charge is 2.70. The van der Waals surface area contributed by atoms with E-state index in [1.807, 2.05) is 6.08 Å². The lowest BCUT2D eigenvalue weighted by atomic mass is 9.33. The molecule has 1 amide bonds. The van der Waals surface area contributed by atoms with E-state index in [-0.39, 0.29) is 74.3 Å². The van der Waals surface area contributed by atoms with E-state index in [0.29, 0.717) is 12.1 Å². The molecule has 0 aliphatic heterocycles. The van der Waals surface area contributed by atoms with Crippen molar-refractivity contribution < 1.29 is 29.6 Å². The number of ketones is 1. The van der Waals surface area contributed by atoms with Gasteiger partial charge in [-0.3, -0.25) is 14.4 Å². The van der Waals surface area contributed by atoms with E-state index in [4.69, 9.17) is 4.74 Å². The smallest absolute Gasteiger partial charge is 0.302 e. The molecule has 252 valence electrons. The Kier molecular flexibility index (Phi) is 7.78. The number of carbonyl (C=O) groups is 3. The van der Waals surface area contributed by atoms with Crippen LogP contribution in [0.4, 0.5) is 11.4 Å². The first-order valence-corrected chi connectivity index (χ1v) is 17.4. The third-order valence-corrected chi connectivity index (χ3v) is 14.8. The lowest BCUT2D eigenvalue weighted by molar-refractivity contribution is -0.991. The number of esters is 1. The van der Waals surface area contributed by atoms with Crippen molar-refractivity contribution in [1.82, 2.24) is 0 Å². The third kappa shape index (κ3) is 4.75. The number of carbonyl (C=O) groups excluding carboxylic acids is 3. The molecule has 0 bridgehead atoms. The van der Waals surface area contributed by atoms with Crippen LogP contribution in [0.15, 0.2) is 35.9 Å².